The summed E-state index contributed by atoms with van der Waals surface area (Å²) in [6.45, 7) is 5.90. The number of halogens is 1. The molecular formula is C33H33FN10O3. The average Bonchev–Trinajstić information content (AvgIpc) is 3.09. The zero-order chi connectivity index (χ0) is 32.2. The molecule has 3 fully saturated rings. The standard InChI is InChI=1S/C33H33FN10O3/c34-28-18-44(32(45)23-7-9-38-39-17-23)10-8-30(28)47-29-6-1-22(15-24(29)16-35)31-36-21-37-33(41-31)40-25-2-4-26(5-3-25)42-11-13-43(14-12-42)27-19-46-20-27/h1-7,9,15,17,21,27-28,30H,8,10-14,18-20H2,(H,36,37,40,41)/t28-,30-/m0/s1. The number of anilines is 3. The van der Waals surface area contributed by atoms with E-state index in [9.17, 15) is 10.1 Å². The average molecular weight is 637 g/mol. The number of piperazine rings is 1. The number of aromatic nitrogens is 5. The number of amides is 1. The van der Waals surface area contributed by atoms with Crippen molar-refractivity contribution in [1.29, 1.82) is 5.26 Å². The smallest absolute Gasteiger partial charge is 0.255 e. The fourth-order valence-electron chi connectivity index (χ4n) is 5.98. The van der Waals surface area contributed by atoms with Gasteiger partial charge in [0.05, 0.1) is 49.3 Å². The topological polar surface area (TPSA) is 146 Å². The Morgan fingerprint density at radius 2 is 1.85 bits per heavy atom. The normalized spacial score (nSPS) is 20.3. The molecule has 2 aromatic heterocycles. The van der Waals surface area contributed by atoms with Gasteiger partial charge in [-0.05, 0) is 48.5 Å². The van der Waals surface area contributed by atoms with E-state index in [4.69, 9.17) is 9.47 Å². The van der Waals surface area contributed by atoms with Gasteiger partial charge in [0.15, 0.2) is 12.0 Å². The fourth-order valence-corrected chi connectivity index (χ4v) is 5.98. The van der Waals surface area contributed by atoms with Gasteiger partial charge in [0.25, 0.3) is 5.91 Å². The molecule has 240 valence electrons. The molecule has 7 rings (SSSR count). The number of hydrogen-bond acceptors (Lipinski definition) is 12. The molecule has 5 heterocycles. The number of nitrogens with zero attached hydrogens (tertiary/aromatic N) is 9. The van der Waals surface area contributed by atoms with Crippen LogP contribution in [0.1, 0.15) is 22.3 Å². The van der Waals surface area contributed by atoms with Crippen molar-refractivity contribution in [2.45, 2.75) is 24.7 Å². The highest BCUT2D eigenvalue weighted by Crippen LogP contribution is 2.29. The predicted octanol–water partition coefficient (Wildman–Crippen LogP) is 3.10. The molecule has 4 aromatic rings. The monoisotopic (exact) mass is 636 g/mol. The molecule has 0 unspecified atom stereocenters. The summed E-state index contributed by atoms with van der Waals surface area (Å²) >= 11 is 0. The van der Waals surface area contributed by atoms with Crippen LogP contribution in [0.4, 0.5) is 21.7 Å². The van der Waals surface area contributed by atoms with Crippen molar-refractivity contribution in [2.75, 3.05) is 62.7 Å². The highest BCUT2D eigenvalue weighted by molar-refractivity contribution is 5.93. The molecule has 0 spiro atoms. The zero-order valence-electron chi connectivity index (χ0n) is 25.6. The van der Waals surface area contributed by atoms with Crippen LogP contribution in [0.5, 0.6) is 5.75 Å². The second-order valence-electron chi connectivity index (χ2n) is 11.7. The molecule has 1 N–H and O–H groups in total. The molecule has 3 aliphatic heterocycles. The van der Waals surface area contributed by atoms with Gasteiger partial charge in [0, 0.05) is 56.1 Å². The lowest BCUT2D eigenvalue weighted by molar-refractivity contribution is -0.0660. The van der Waals surface area contributed by atoms with Crippen LogP contribution in [0.25, 0.3) is 11.4 Å². The third kappa shape index (κ3) is 6.81. The van der Waals surface area contributed by atoms with Crippen LogP contribution in [0.3, 0.4) is 0 Å². The second-order valence-corrected chi connectivity index (χ2v) is 11.7. The van der Waals surface area contributed by atoms with Crippen molar-refractivity contribution < 1.29 is 18.7 Å². The number of piperidine rings is 1. The number of ether oxygens (including phenoxy) is 2. The molecule has 0 radical (unpaired) electrons. The highest BCUT2D eigenvalue weighted by atomic mass is 19.1. The lowest BCUT2D eigenvalue weighted by atomic mass is 10.0. The van der Waals surface area contributed by atoms with Gasteiger partial charge in [-0.2, -0.15) is 20.4 Å². The van der Waals surface area contributed by atoms with E-state index >= 15 is 4.39 Å². The largest absolute Gasteiger partial charge is 0.486 e. The maximum Gasteiger partial charge on any atom is 0.255 e. The summed E-state index contributed by atoms with van der Waals surface area (Å²) in [7, 11) is 0. The molecule has 2 atom stereocenters. The van der Waals surface area contributed by atoms with Crippen molar-refractivity contribution in [2.24, 2.45) is 0 Å². The number of alkyl halides is 1. The summed E-state index contributed by atoms with van der Waals surface area (Å²) in [5.41, 5.74) is 3.17. The molecule has 13 nitrogen and oxygen atoms in total. The Kier molecular flexibility index (Phi) is 8.81. The van der Waals surface area contributed by atoms with E-state index in [1.807, 2.05) is 12.1 Å². The lowest BCUT2D eigenvalue weighted by Gasteiger charge is -2.43. The minimum absolute atomic E-state index is 0.122. The van der Waals surface area contributed by atoms with Gasteiger partial charge in [-0.25, -0.2) is 14.4 Å². The van der Waals surface area contributed by atoms with Gasteiger partial charge < -0.3 is 24.6 Å². The quantitative estimate of drug-likeness (QED) is 0.303. The Hall–Kier alpha value is -5.26. The number of carbonyl (C=O) groups excluding carboxylic acids is 1. The highest BCUT2D eigenvalue weighted by Gasteiger charge is 2.34. The van der Waals surface area contributed by atoms with Crippen molar-refractivity contribution in [3.63, 3.8) is 0 Å². The first-order chi connectivity index (χ1) is 23.0. The number of likely N-dealkylation sites (tertiary alicyclic amines) is 1. The third-order valence-corrected chi connectivity index (χ3v) is 8.75. The summed E-state index contributed by atoms with van der Waals surface area (Å²) in [6, 6.07) is 17.4. The third-order valence-electron chi connectivity index (χ3n) is 8.75. The van der Waals surface area contributed by atoms with Crippen molar-refractivity contribution in [3.05, 3.63) is 78.4 Å². The number of hydrogen-bond donors (Lipinski definition) is 1. The van der Waals surface area contributed by atoms with Crippen LogP contribution in [0, 0.1) is 11.3 Å². The Morgan fingerprint density at radius 1 is 1.02 bits per heavy atom. The Bertz CT molecular complexity index is 1740. The molecule has 0 saturated carbocycles. The van der Waals surface area contributed by atoms with E-state index in [-0.39, 0.29) is 30.2 Å². The first kappa shape index (κ1) is 30.4. The Balaban J connectivity index is 0.965. The first-order valence-corrected chi connectivity index (χ1v) is 15.6. The maximum atomic E-state index is 15.2. The van der Waals surface area contributed by atoms with Crippen LogP contribution in [0.2, 0.25) is 0 Å². The van der Waals surface area contributed by atoms with Gasteiger partial charge in [-0.15, -0.1) is 0 Å². The molecule has 1 amide bonds. The van der Waals surface area contributed by atoms with Gasteiger partial charge in [-0.1, -0.05) is 0 Å². The fraction of sp³-hybridized carbons (Fsp3) is 0.364. The number of nitriles is 1. The van der Waals surface area contributed by atoms with Crippen LogP contribution in [0.15, 0.2) is 67.3 Å². The molecule has 0 bridgehead atoms. The van der Waals surface area contributed by atoms with Gasteiger partial charge in [0.1, 0.15) is 24.3 Å². The van der Waals surface area contributed by atoms with Crippen molar-refractivity contribution in [1.82, 2.24) is 34.9 Å². The van der Waals surface area contributed by atoms with Crippen LogP contribution >= 0.6 is 0 Å². The van der Waals surface area contributed by atoms with Crippen LogP contribution < -0.4 is 15.0 Å². The van der Waals surface area contributed by atoms with Crippen LogP contribution in [-0.2, 0) is 4.74 Å². The summed E-state index contributed by atoms with van der Waals surface area (Å²) in [4.78, 5) is 32.2. The molecule has 3 saturated heterocycles. The predicted molar refractivity (Wildman–Crippen MR) is 170 cm³/mol. The Labute approximate surface area is 271 Å². The Morgan fingerprint density at radius 3 is 2.55 bits per heavy atom. The van der Waals surface area contributed by atoms with Gasteiger partial charge in [0.2, 0.25) is 5.95 Å². The van der Waals surface area contributed by atoms with E-state index < -0.39 is 12.3 Å². The van der Waals surface area contributed by atoms with E-state index in [2.05, 4.69) is 58.5 Å². The summed E-state index contributed by atoms with van der Waals surface area (Å²) in [5, 5.41) is 20.5. The number of nitrogens with one attached hydrogen (secondary N) is 1. The number of carbonyl (C=O) groups is 1. The lowest BCUT2D eigenvalue weighted by Crippen LogP contribution is -2.56. The van der Waals surface area contributed by atoms with E-state index in [0.717, 1.165) is 45.1 Å². The molecule has 47 heavy (non-hydrogen) atoms. The second kappa shape index (κ2) is 13.6. The molecule has 2 aromatic carbocycles. The summed E-state index contributed by atoms with van der Waals surface area (Å²) in [6.07, 6.45) is 2.22. The number of benzene rings is 2. The van der Waals surface area contributed by atoms with E-state index in [1.165, 1.54) is 29.3 Å². The zero-order valence-corrected chi connectivity index (χ0v) is 25.6. The molecule has 3 aliphatic rings. The van der Waals surface area contributed by atoms with E-state index in [0.29, 0.717) is 35.5 Å². The number of rotatable bonds is 8. The maximum absolute atomic E-state index is 15.2. The SMILES string of the molecule is N#Cc1cc(-c2ncnc(Nc3ccc(N4CCN(C5COC5)CC4)cc3)n2)ccc1O[C@H]1CCN(C(=O)c2ccnnc2)C[C@@H]1F. The molecule has 14 heteroatoms. The van der Waals surface area contributed by atoms with Crippen molar-refractivity contribution >= 4 is 23.2 Å². The summed E-state index contributed by atoms with van der Waals surface area (Å²) in [5.74, 6) is 0.684. The minimum atomic E-state index is -1.43. The van der Waals surface area contributed by atoms with Crippen LogP contribution in [-0.4, -0.2) is 112 Å². The molecular weight excluding hydrogens is 603 g/mol. The van der Waals surface area contributed by atoms with Gasteiger partial charge in [-0.3, -0.25) is 9.69 Å². The summed E-state index contributed by atoms with van der Waals surface area (Å²) < 4.78 is 26.5. The first-order valence-electron chi connectivity index (χ1n) is 15.6. The molecule has 0 aliphatic carbocycles. The minimum Gasteiger partial charge on any atom is -0.486 e. The van der Waals surface area contributed by atoms with E-state index in [1.54, 1.807) is 24.3 Å². The van der Waals surface area contributed by atoms with Gasteiger partial charge >= 0.3 is 0 Å². The van der Waals surface area contributed by atoms with Crippen molar-refractivity contribution in [3.8, 4) is 23.2 Å².